The number of morpholine rings is 1. The standard InChI is InChI=1S/C22H28F2N4O6S2/c1-14(17-12-32-22(2,3)34-17)33-19-11-18(27-36(29,30)28-7-9-31-10-8-28)25-21(26-19)35-13-15-5-4-6-16(23)20(15)24/h4-6,11,14,17H,7-10,12-13H2,1-3H3,(H,25,26,27)/t14-,17-/m1/s1. The van der Waals surface area contributed by atoms with Gasteiger partial charge in [-0.3, -0.25) is 4.72 Å². The number of nitrogens with one attached hydrogen (secondary N) is 1. The summed E-state index contributed by atoms with van der Waals surface area (Å²) >= 11 is 1.01. The van der Waals surface area contributed by atoms with Crippen molar-refractivity contribution in [3.05, 3.63) is 41.5 Å². The Hall–Kier alpha value is -2.10. The van der Waals surface area contributed by atoms with Crippen molar-refractivity contribution in [3.63, 3.8) is 0 Å². The molecular formula is C22H28F2N4O6S2. The summed E-state index contributed by atoms with van der Waals surface area (Å²) in [6, 6.07) is 5.26. The summed E-state index contributed by atoms with van der Waals surface area (Å²) < 4.78 is 79.7. The fourth-order valence-corrected chi connectivity index (χ4v) is 5.53. The second kappa shape index (κ2) is 11.1. The normalized spacial score (nSPS) is 21.3. The topological polar surface area (TPSA) is 112 Å². The van der Waals surface area contributed by atoms with Crippen LogP contribution in [0.2, 0.25) is 0 Å². The minimum Gasteiger partial charge on any atom is -0.472 e. The van der Waals surface area contributed by atoms with Crippen LogP contribution in [0.5, 0.6) is 5.88 Å². The van der Waals surface area contributed by atoms with Crippen LogP contribution in [0.15, 0.2) is 29.4 Å². The average Bonchev–Trinajstić information content (AvgIpc) is 3.20. The van der Waals surface area contributed by atoms with Crippen molar-refractivity contribution in [3.8, 4) is 5.88 Å². The SMILES string of the molecule is C[C@@H](Oc1cc(NS(=O)(=O)N2CCOCC2)nc(SCc2cccc(F)c2F)n1)[C@H]1COC(C)(C)O1. The first-order valence-electron chi connectivity index (χ1n) is 11.3. The molecule has 2 aliphatic rings. The molecular weight excluding hydrogens is 518 g/mol. The summed E-state index contributed by atoms with van der Waals surface area (Å²) in [6.07, 6.45) is -0.857. The van der Waals surface area contributed by atoms with Gasteiger partial charge in [0.25, 0.3) is 0 Å². The number of nitrogens with zero attached hydrogens (tertiary/aromatic N) is 3. The molecule has 0 saturated carbocycles. The van der Waals surface area contributed by atoms with Gasteiger partial charge in [0.1, 0.15) is 18.0 Å². The molecule has 10 nitrogen and oxygen atoms in total. The molecule has 2 atom stereocenters. The molecule has 36 heavy (non-hydrogen) atoms. The maximum Gasteiger partial charge on any atom is 0.302 e. The highest BCUT2D eigenvalue weighted by Gasteiger charge is 2.37. The third-order valence-electron chi connectivity index (χ3n) is 5.47. The molecule has 3 heterocycles. The Morgan fingerprint density at radius 1 is 1.28 bits per heavy atom. The largest absolute Gasteiger partial charge is 0.472 e. The van der Waals surface area contributed by atoms with E-state index in [-0.39, 0.29) is 60.6 Å². The first kappa shape index (κ1) is 26.9. The van der Waals surface area contributed by atoms with E-state index < -0.39 is 33.7 Å². The van der Waals surface area contributed by atoms with E-state index >= 15 is 0 Å². The smallest absolute Gasteiger partial charge is 0.302 e. The van der Waals surface area contributed by atoms with E-state index in [1.54, 1.807) is 20.8 Å². The Morgan fingerprint density at radius 2 is 2.03 bits per heavy atom. The Bertz CT molecular complexity index is 1180. The summed E-state index contributed by atoms with van der Waals surface area (Å²) in [7, 11) is -3.91. The number of aromatic nitrogens is 2. The molecule has 2 fully saturated rings. The predicted octanol–water partition coefficient (Wildman–Crippen LogP) is 2.95. The quantitative estimate of drug-likeness (QED) is 0.375. The van der Waals surface area contributed by atoms with E-state index in [9.17, 15) is 17.2 Å². The second-order valence-electron chi connectivity index (χ2n) is 8.68. The Balaban J connectivity index is 1.55. The van der Waals surface area contributed by atoms with Gasteiger partial charge in [-0.15, -0.1) is 0 Å². The number of rotatable bonds is 9. The summed E-state index contributed by atoms with van der Waals surface area (Å²) in [6.45, 7) is 6.67. The third-order valence-corrected chi connectivity index (χ3v) is 7.88. The fourth-order valence-electron chi connectivity index (χ4n) is 3.58. The second-order valence-corrected chi connectivity index (χ2v) is 11.3. The van der Waals surface area contributed by atoms with Crippen molar-refractivity contribution in [1.82, 2.24) is 14.3 Å². The van der Waals surface area contributed by atoms with E-state index in [0.717, 1.165) is 17.8 Å². The van der Waals surface area contributed by atoms with Gasteiger partial charge in [0.2, 0.25) is 5.88 Å². The van der Waals surface area contributed by atoms with Crippen molar-refractivity contribution >= 4 is 27.8 Å². The maximum atomic E-state index is 14.1. The van der Waals surface area contributed by atoms with Crippen molar-refractivity contribution in [2.75, 3.05) is 37.6 Å². The minimum absolute atomic E-state index is 0.0199. The van der Waals surface area contributed by atoms with E-state index in [2.05, 4.69) is 14.7 Å². The summed E-state index contributed by atoms with van der Waals surface area (Å²) in [5.74, 6) is -2.58. The Morgan fingerprint density at radius 3 is 2.72 bits per heavy atom. The zero-order valence-corrected chi connectivity index (χ0v) is 21.7. The number of ether oxygens (including phenoxy) is 4. The zero-order chi connectivity index (χ0) is 25.9. The number of anilines is 1. The molecule has 0 amide bonds. The van der Waals surface area contributed by atoms with Crippen molar-refractivity contribution < 1.29 is 36.1 Å². The summed E-state index contributed by atoms with van der Waals surface area (Å²) in [4.78, 5) is 8.60. The van der Waals surface area contributed by atoms with Gasteiger partial charge in [-0.25, -0.2) is 13.8 Å². The lowest BCUT2D eigenvalue weighted by molar-refractivity contribution is -0.147. The highest BCUT2D eigenvalue weighted by Crippen LogP contribution is 2.29. The van der Waals surface area contributed by atoms with Gasteiger partial charge in [-0.05, 0) is 26.8 Å². The number of halogens is 2. The van der Waals surface area contributed by atoms with Crippen LogP contribution < -0.4 is 9.46 Å². The van der Waals surface area contributed by atoms with Crippen LogP contribution in [0.25, 0.3) is 0 Å². The van der Waals surface area contributed by atoms with Crippen LogP contribution in [0.4, 0.5) is 14.6 Å². The molecule has 198 valence electrons. The highest BCUT2D eigenvalue weighted by molar-refractivity contribution is 7.98. The fraction of sp³-hybridized carbons (Fsp3) is 0.545. The Kier molecular flexibility index (Phi) is 8.32. The maximum absolute atomic E-state index is 14.1. The van der Waals surface area contributed by atoms with Gasteiger partial charge in [-0.1, -0.05) is 23.9 Å². The third kappa shape index (κ3) is 6.81. The van der Waals surface area contributed by atoms with Crippen LogP contribution in [0.3, 0.4) is 0 Å². The molecule has 0 radical (unpaired) electrons. The molecule has 1 N–H and O–H groups in total. The predicted molar refractivity (Wildman–Crippen MR) is 128 cm³/mol. The monoisotopic (exact) mass is 546 g/mol. The first-order valence-corrected chi connectivity index (χ1v) is 13.7. The number of hydrogen-bond donors (Lipinski definition) is 1. The molecule has 1 aromatic heterocycles. The molecule has 0 bridgehead atoms. The van der Waals surface area contributed by atoms with Gasteiger partial charge in [0.15, 0.2) is 22.6 Å². The molecule has 0 unspecified atom stereocenters. The van der Waals surface area contributed by atoms with Crippen LogP contribution in [-0.2, 0) is 30.2 Å². The average molecular weight is 547 g/mol. The molecule has 2 saturated heterocycles. The number of benzene rings is 1. The number of thioether (sulfide) groups is 1. The molecule has 2 aliphatic heterocycles. The molecule has 0 spiro atoms. The van der Waals surface area contributed by atoms with Crippen molar-refractivity contribution in [2.45, 2.75) is 49.7 Å². The minimum atomic E-state index is -3.91. The van der Waals surface area contributed by atoms with Crippen LogP contribution in [0.1, 0.15) is 26.3 Å². The van der Waals surface area contributed by atoms with E-state index in [1.807, 2.05) is 0 Å². The number of hydrogen-bond acceptors (Lipinski definition) is 9. The van der Waals surface area contributed by atoms with Crippen molar-refractivity contribution in [1.29, 1.82) is 0 Å². The van der Waals surface area contributed by atoms with Crippen LogP contribution >= 0.6 is 11.8 Å². The first-order chi connectivity index (χ1) is 17.0. The molecule has 14 heteroatoms. The lowest BCUT2D eigenvalue weighted by Gasteiger charge is -2.26. The van der Waals surface area contributed by atoms with Gasteiger partial charge >= 0.3 is 10.2 Å². The van der Waals surface area contributed by atoms with Crippen LogP contribution in [0, 0.1) is 11.6 Å². The lowest BCUT2D eigenvalue weighted by atomic mass is 10.2. The van der Waals surface area contributed by atoms with Gasteiger partial charge in [0, 0.05) is 30.5 Å². The molecule has 4 rings (SSSR count). The Labute approximate surface area is 212 Å². The van der Waals surface area contributed by atoms with Gasteiger partial charge < -0.3 is 18.9 Å². The molecule has 1 aromatic carbocycles. The summed E-state index contributed by atoms with van der Waals surface area (Å²) in [5.41, 5.74) is 0.123. The van der Waals surface area contributed by atoms with E-state index in [1.165, 1.54) is 22.5 Å². The summed E-state index contributed by atoms with van der Waals surface area (Å²) in [5, 5.41) is 0.118. The van der Waals surface area contributed by atoms with Crippen LogP contribution in [-0.4, -0.2) is 73.6 Å². The van der Waals surface area contributed by atoms with Crippen molar-refractivity contribution in [2.24, 2.45) is 0 Å². The van der Waals surface area contributed by atoms with E-state index in [4.69, 9.17) is 18.9 Å². The van der Waals surface area contributed by atoms with Gasteiger partial charge in [0.05, 0.1) is 19.8 Å². The zero-order valence-electron chi connectivity index (χ0n) is 20.1. The molecule has 0 aliphatic carbocycles. The lowest BCUT2D eigenvalue weighted by Crippen LogP contribution is -2.43. The molecule has 2 aromatic rings. The highest BCUT2D eigenvalue weighted by atomic mass is 32.2. The van der Waals surface area contributed by atoms with Gasteiger partial charge in [-0.2, -0.15) is 17.7 Å². The van der Waals surface area contributed by atoms with E-state index in [0.29, 0.717) is 6.61 Å².